The number of fused-ring (bicyclic) bond motifs is 4. The summed E-state index contributed by atoms with van der Waals surface area (Å²) in [6, 6.07) is 0. The van der Waals surface area contributed by atoms with Gasteiger partial charge in [-0.2, -0.15) is 26.3 Å². The summed E-state index contributed by atoms with van der Waals surface area (Å²) in [6.45, 7) is 7.49. The molecular weight excluding hydrogens is 656 g/mol. The van der Waals surface area contributed by atoms with Gasteiger partial charge >= 0.3 is 18.3 Å². The predicted octanol–water partition coefficient (Wildman–Crippen LogP) is 8.87. The largest absolute Gasteiger partial charge is 0.463 e. The van der Waals surface area contributed by atoms with Crippen LogP contribution in [0, 0.1) is 34.5 Å². The van der Waals surface area contributed by atoms with E-state index in [4.69, 9.17) is 4.74 Å². The summed E-state index contributed by atoms with van der Waals surface area (Å²) >= 11 is 1.50. The molecule has 0 bridgehead atoms. The highest BCUT2D eigenvalue weighted by atomic mass is 127. The summed E-state index contributed by atoms with van der Waals surface area (Å²) in [5.74, 6) is -0.225. The Morgan fingerprint density at radius 2 is 1.68 bits per heavy atom. The fraction of sp³-hybridized carbons (Fsp3) is 0.862. The molecule has 0 aromatic carbocycles. The maximum Gasteiger partial charge on any atom is 0.431 e. The number of hydrogen-bond donors (Lipinski definition) is 0. The molecule has 3 saturated carbocycles. The van der Waals surface area contributed by atoms with Crippen LogP contribution in [0.25, 0.3) is 0 Å². The standard InChI is InChI=1S/C29H38F7IO3/c1-15(11-18(37)14-27(30,28(31,32)33)29(34,35)36)22-13-23(39)24-20-6-5-17-12-19(40-16(2)38)7-9-25(17,3)21(20)8-10-26(22,24)4/h15,17-19,21-22H,5-14H2,1-4H3/t15-,17+,18?,19?,21+,22-,25+,26-/m1/s1. The van der Waals surface area contributed by atoms with Crippen molar-refractivity contribution in [1.29, 1.82) is 0 Å². The molecule has 40 heavy (non-hydrogen) atoms. The lowest BCUT2D eigenvalue weighted by Crippen LogP contribution is -2.54. The molecule has 0 spiro atoms. The molecule has 0 amide bonds. The third kappa shape index (κ3) is 5.35. The molecule has 0 radical (unpaired) electrons. The van der Waals surface area contributed by atoms with Gasteiger partial charge in [0.25, 0.3) is 5.67 Å². The van der Waals surface area contributed by atoms with E-state index >= 15 is 0 Å². The summed E-state index contributed by atoms with van der Waals surface area (Å²) in [4.78, 5) is 25.0. The second kappa shape index (κ2) is 10.7. The summed E-state index contributed by atoms with van der Waals surface area (Å²) in [5.41, 5.74) is -3.78. The zero-order chi connectivity index (χ0) is 30.1. The molecule has 4 aliphatic rings. The molecule has 3 fully saturated rings. The van der Waals surface area contributed by atoms with Gasteiger partial charge in [-0.25, -0.2) is 4.39 Å². The Morgan fingerprint density at radius 3 is 2.25 bits per heavy atom. The van der Waals surface area contributed by atoms with Crippen LogP contribution >= 0.6 is 22.6 Å². The molecule has 8 atom stereocenters. The van der Waals surface area contributed by atoms with Crippen molar-refractivity contribution in [3.05, 3.63) is 11.1 Å². The van der Waals surface area contributed by atoms with Crippen LogP contribution < -0.4 is 0 Å². The second-order valence-corrected chi connectivity index (χ2v) is 15.0. The van der Waals surface area contributed by atoms with Gasteiger partial charge in [0.15, 0.2) is 5.78 Å². The quantitative estimate of drug-likeness (QED) is 0.121. The first-order valence-corrected chi connectivity index (χ1v) is 15.4. The Balaban J connectivity index is 1.53. The third-order valence-corrected chi connectivity index (χ3v) is 11.8. The molecule has 0 aliphatic heterocycles. The summed E-state index contributed by atoms with van der Waals surface area (Å²) < 4.78 is 97.6. The lowest BCUT2D eigenvalue weighted by atomic mass is 9.48. The summed E-state index contributed by atoms with van der Waals surface area (Å²) in [6.07, 6.45) is -8.03. The van der Waals surface area contributed by atoms with Crippen molar-refractivity contribution in [3.8, 4) is 0 Å². The number of esters is 1. The van der Waals surface area contributed by atoms with Crippen molar-refractivity contribution in [2.75, 3.05) is 0 Å². The molecule has 0 aromatic heterocycles. The molecule has 4 rings (SSSR count). The first kappa shape index (κ1) is 32.0. The number of Topliss-reactive ketones (excluding diaryl/α,β-unsaturated/α-hetero) is 1. The smallest absolute Gasteiger partial charge is 0.431 e. The Morgan fingerprint density at radius 1 is 1.05 bits per heavy atom. The average Bonchev–Trinajstić information content (AvgIpc) is 3.08. The maximum absolute atomic E-state index is 14.4. The van der Waals surface area contributed by atoms with E-state index in [2.05, 4.69) is 6.92 Å². The number of alkyl halides is 8. The monoisotopic (exact) mass is 694 g/mol. The van der Waals surface area contributed by atoms with Crippen LogP contribution in [0.1, 0.15) is 91.9 Å². The van der Waals surface area contributed by atoms with Crippen molar-refractivity contribution in [1.82, 2.24) is 0 Å². The van der Waals surface area contributed by atoms with Crippen LogP contribution in [-0.2, 0) is 14.3 Å². The number of rotatable bonds is 6. The Bertz CT molecular complexity index is 1040. The Kier molecular flexibility index (Phi) is 8.56. The fourth-order valence-electron chi connectivity index (χ4n) is 8.84. The number of allylic oxidation sites excluding steroid dienone is 2. The molecule has 11 heteroatoms. The zero-order valence-electron chi connectivity index (χ0n) is 23.3. The minimum Gasteiger partial charge on any atom is -0.463 e. The highest BCUT2D eigenvalue weighted by Gasteiger charge is 2.72. The number of hydrogen-bond acceptors (Lipinski definition) is 3. The van der Waals surface area contributed by atoms with Crippen molar-refractivity contribution in [2.24, 2.45) is 34.5 Å². The molecule has 0 saturated heterocycles. The van der Waals surface area contributed by atoms with E-state index in [0.29, 0.717) is 5.92 Å². The van der Waals surface area contributed by atoms with Gasteiger partial charge in [0.05, 0.1) is 0 Å². The van der Waals surface area contributed by atoms with Gasteiger partial charge in [-0.15, -0.1) is 0 Å². The number of halogens is 8. The van der Waals surface area contributed by atoms with E-state index in [-0.39, 0.29) is 53.9 Å². The lowest BCUT2D eigenvalue weighted by Gasteiger charge is -2.56. The van der Waals surface area contributed by atoms with E-state index in [1.54, 1.807) is 6.92 Å². The molecule has 0 N–H and O–H groups in total. The van der Waals surface area contributed by atoms with Gasteiger partial charge in [0, 0.05) is 29.3 Å². The van der Waals surface area contributed by atoms with Gasteiger partial charge in [0.2, 0.25) is 0 Å². The first-order chi connectivity index (χ1) is 18.2. The summed E-state index contributed by atoms with van der Waals surface area (Å²) in [7, 11) is 0. The van der Waals surface area contributed by atoms with E-state index in [9.17, 15) is 40.3 Å². The van der Waals surface area contributed by atoms with E-state index in [1.165, 1.54) is 35.1 Å². The predicted molar refractivity (Wildman–Crippen MR) is 143 cm³/mol. The van der Waals surface area contributed by atoms with Gasteiger partial charge in [-0.1, -0.05) is 48.9 Å². The zero-order valence-corrected chi connectivity index (χ0v) is 25.4. The molecule has 0 heterocycles. The molecule has 2 unspecified atom stereocenters. The minimum atomic E-state index is -6.06. The third-order valence-electron chi connectivity index (χ3n) is 10.9. The van der Waals surface area contributed by atoms with Gasteiger partial charge in [0.1, 0.15) is 6.10 Å². The molecule has 3 nitrogen and oxygen atoms in total. The van der Waals surface area contributed by atoms with E-state index in [1.807, 2.05) is 6.92 Å². The fourth-order valence-corrected chi connectivity index (χ4v) is 10.3. The SMILES string of the molecule is CC(=O)OC1CC[C@@]2(C)[C@@H](CCC3=C4C(=O)C[C@H]([C@H](C)CC(I)CC(F)(C(F)(F)F)C(F)(F)F)[C@@]4(C)CC[C@@H]32)C1. The van der Waals surface area contributed by atoms with Crippen LogP contribution in [0.5, 0.6) is 0 Å². The number of carbonyl (C=O) groups excluding carboxylic acids is 2. The van der Waals surface area contributed by atoms with Gasteiger partial charge in [-0.05, 0) is 85.9 Å². The molecule has 0 aromatic rings. The molecular formula is C29H38F7IO3. The highest BCUT2D eigenvalue weighted by molar-refractivity contribution is 14.1. The van der Waals surface area contributed by atoms with Crippen molar-refractivity contribution < 1.29 is 45.1 Å². The van der Waals surface area contributed by atoms with Crippen LogP contribution in [-0.4, -0.2) is 39.8 Å². The Labute approximate surface area is 244 Å². The first-order valence-electron chi connectivity index (χ1n) is 14.1. The van der Waals surface area contributed by atoms with Gasteiger partial charge < -0.3 is 4.74 Å². The second-order valence-electron chi connectivity index (χ2n) is 13.2. The molecule has 228 valence electrons. The maximum atomic E-state index is 14.4. The van der Waals surface area contributed by atoms with Gasteiger partial charge in [-0.3, -0.25) is 9.59 Å². The molecule has 4 aliphatic carbocycles. The van der Waals surface area contributed by atoms with Crippen LogP contribution in [0.2, 0.25) is 0 Å². The van der Waals surface area contributed by atoms with Crippen LogP contribution in [0.4, 0.5) is 30.7 Å². The highest BCUT2D eigenvalue weighted by Crippen LogP contribution is 2.65. The average molecular weight is 695 g/mol. The minimum absolute atomic E-state index is 0.0184. The number of carbonyl (C=O) groups is 2. The number of ether oxygens (including phenoxy) is 1. The number of ketones is 1. The van der Waals surface area contributed by atoms with Crippen molar-refractivity contribution in [2.45, 2.75) is 120 Å². The van der Waals surface area contributed by atoms with E-state index in [0.717, 1.165) is 50.5 Å². The summed E-state index contributed by atoms with van der Waals surface area (Å²) in [5, 5.41) is 0. The van der Waals surface area contributed by atoms with Crippen molar-refractivity contribution in [3.63, 3.8) is 0 Å². The lowest BCUT2D eigenvalue weighted by molar-refractivity contribution is -0.343. The van der Waals surface area contributed by atoms with Crippen LogP contribution in [0.15, 0.2) is 11.1 Å². The van der Waals surface area contributed by atoms with E-state index < -0.39 is 33.8 Å². The van der Waals surface area contributed by atoms with Crippen LogP contribution in [0.3, 0.4) is 0 Å². The topological polar surface area (TPSA) is 43.4 Å². The normalized spacial score (nSPS) is 36.5. The Hall–Kier alpha value is -0.880. The van der Waals surface area contributed by atoms with Crippen molar-refractivity contribution >= 4 is 34.3 Å².